The van der Waals surface area contributed by atoms with Crippen molar-refractivity contribution in [1.82, 2.24) is 9.80 Å². The lowest BCUT2D eigenvalue weighted by molar-refractivity contribution is -0.145. The summed E-state index contributed by atoms with van der Waals surface area (Å²) in [5, 5.41) is 11.1. The van der Waals surface area contributed by atoms with Crippen LogP contribution in [0, 0.1) is 17.8 Å². The molecule has 0 aliphatic carbocycles. The van der Waals surface area contributed by atoms with Crippen molar-refractivity contribution in [3.8, 4) is 0 Å². The summed E-state index contributed by atoms with van der Waals surface area (Å²) in [5.41, 5.74) is 0. The predicted octanol–water partition coefficient (Wildman–Crippen LogP) is 14.3. The van der Waals surface area contributed by atoms with Gasteiger partial charge < -0.3 is 24.4 Å². The fraction of sp³-hybridized carbons (Fsp3) is 0.980. The summed E-state index contributed by atoms with van der Waals surface area (Å²) < 4.78 is 12.2. The Morgan fingerprint density at radius 2 is 0.982 bits per heavy atom. The van der Waals surface area contributed by atoms with Crippen molar-refractivity contribution >= 4 is 5.97 Å². The zero-order chi connectivity index (χ0) is 41.4. The second-order valence-electron chi connectivity index (χ2n) is 18.7. The van der Waals surface area contributed by atoms with Crippen molar-refractivity contribution in [2.24, 2.45) is 17.8 Å². The third-order valence-electron chi connectivity index (χ3n) is 13.1. The first kappa shape index (κ1) is 54.3. The van der Waals surface area contributed by atoms with E-state index in [1.165, 1.54) is 212 Å². The highest BCUT2D eigenvalue weighted by Gasteiger charge is 2.19. The fourth-order valence-corrected chi connectivity index (χ4v) is 8.92. The highest BCUT2D eigenvalue weighted by molar-refractivity contribution is 5.69. The maximum Gasteiger partial charge on any atom is 0.307 e. The summed E-state index contributed by atoms with van der Waals surface area (Å²) in [6.07, 6.45) is 41.8. The van der Waals surface area contributed by atoms with Gasteiger partial charge >= 0.3 is 5.97 Å². The summed E-state index contributed by atoms with van der Waals surface area (Å²) in [6, 6.07) is 0. The Balaban J connectivity index is 2.66. The van der Waals surface area contributed by atoms with Gasteiger partial charge in [-0.3, -0.25) is 4.79 Å². The molecule has 6 heteroatoms. The Morgan fingerprint density at radius 1 is 0.561 bits per heavy atom. The molecule has 6 nitrogen and oxygen atoms in total. The van der Waals surface area contributed by atoms with E-state index in [9.17, 15) is 9.90 Å². The molecule has 0 aromatic rings. The molecule has 0 radical (unpaired) electrons. The van der Waals surface area contributed by atoms with Crippen molar-refractivity contribution in [3.63, 3.8) is 0 Å². The molecule has 1 saturated heterocycles. The first-order valence-corrected chi connectivity index (χ1v) is 25.8. The minimum Gasteiger partial charge on any atom is -0.465 e. The molecule has 1 aliphatic heterocycles. The van der Waals surface area contributed by atoms with Crippen LogP contribution in [0.5, 0.6) is 0 Å². The van der Waals surface area contributed by atoms with Gasteiger partial charge in [0, 0.05) is 19.5 Å². The van der Waals surface area contributed by atoms with Gasteiger partial charge in [0.2, 0.25) is 0 Å². The minimum atomic E-state index is -0.741. The molecule has 1 N–H and O–H groups in total. The molecule has 0 spiro atoms. The average Bonchev–Trinajstić information content (AvgIpc) is 3.21. The van der Waals surface area contributed by atoms with E-state index in [-0.39, 0.29) is 5.97 Å². The second kappa shape index (κ2) is 40.7. The number of esters is 1. The molecular weight excluding hydrogens is 705 g/mol. The number of carbonyl (C=O) groups excluding carboxylic acids is 1. The molecule has 0 aromatic carbocycles. The number of ether oxygens (including phenoxy) is 2. The summed E-state index contributed by atoms with van der Waals surface area (Å²) in [5.74, 6) is 1.81. The number of nitrogens with zero attached hydrogens (tertiary/aromatic N) is 2. The standard InChI is InChI=1S/C51H102N2O4/c1-6-10-14-18-22-26-31-48(32-27-23-19-15-11-7-2)45-56-50(54)38-43-53(40-30-35-47-36-41-52(5)42-37-47)44-39-51(55)57-46-49(33-28-24-20-16-12-8-3)34-29-25-21-17-13-9-4/h47-50,54H,6-46H2,1-5H3. The number of aliphatic hydroxyl groups is 1. The van der Waals surface area contributed by atoms with E-state index in [0.717, 1.165) is 25.4 Å². The first-order chi connectivity index (χ1) is 27.9. The molecule has 1 unspecified atom stereocenters. The summed E-state index contributed by atoms with van der Waals surface area (Å²) >= 11 is 0. The molecule has 0 amide bonds. The largest absolute Gasteiger partial charge is 0.465 e. The SMILES string of the molecule is CCCCCCCCC(CCCCCCCC)COC(=O)CCN(CCCC1CCN(C)CC1)CCC(O)OCC(CCCCCCCC)CCCCCCCC. The maximum absolute atomic E-state index is 13.2. The van der Waals surface area contributed by atoms with Crippen molar-refractivity contribution in [3.05, 3.63) is 0 Å². The highest BCUT2D eigenvalue weighted by atomic mass is 16.6. The van der Waals surface area contributed by atoms with Crippen LogP contribution in [0.2, 0.25) is 0 Å². The minimum absolute atomic E-state index is 0.0461. The van der Waals surface area contributed by atoms with Crippen LogP contribution in [0.3, 0.4) is 0 Å². The van der Waals surface area contributed by atoms with Gasteiger partial charge in [0.05, 0.1) is 19.6 Å². The van der Waals surface area contributed by atoms with E-state index >= 15 is 0 Å². The Kier molecular flexibility index (Phi) is 38.8. The third-order valence-corrected chi connectivity index (χ3v) is 13.1. The highest BCUT2D eigenvalue weighted by Crippen LogP contribution is 2.24. The molecule has 1 rings (SSSR count). The van der Waals surface area contributed by atoms with Crippen LogP contribution in [-0.2, 0) is 14.3 Å². The molecule has 1 atom stereocenters. The van der Waals surface area contributed by atoms with Gasteiger partial charge in [0.25, 0.3) is 0 Å². The maximum atomic E-state index is 13.2. The molecule has 1 fully saturated rings. The number of piperidine rings is 1. The zero-order valence-corrected chi connectivity index (χ0v) is 39.4. The van der Waals surface area contributed by atoms with Crippen molar-refractivity contribution in [1.29, 1.82) is 0 Å². The summed E-state index contributed by atoms with van der Waals surface area (Å²) in [6.45, 7) is 15.3. The van der Waals surface area contributed by atoms with Gasteiger partial charge in [-0.05, 0) is 95.8 Å². The molecule has 0 bridgehead atoms. The van der Waals surface area contributed by atoms with Crippen LogP contribution in [0.25, 0.3) is 0 Å². The normalized spacial score (nSPS) is 14.8. The van der Waals surface area contributed by atoms with E-state index < -0.39 is 6.29 Å². The number of unbranched alkanes of at least 4 members (excludes halogenated alkanes) is 20. The smallest absolute Gasteiger partial charge is 0.307 e. The molecule has 1 aliphatic rings. The van der Waals surface area contributed by atoms with Gasteiger partial charge in [-0.1, -0.05) is 182 Å². The zero-order valence-electron chi connectivity index (χ0n) is 39.4. The number of aliphatic hydroxyl groups excluding tert-OH is 1. The lowest BCUT2D eigenvalue weighted by atomic mass is 9.92. The predicted molar refractivity (Wildman–Crippen MR) is 247 cm³/mol. The van der Waals surface area contributed by atoms with Gasteiger partial charge in [-0.15, -0.1) is 0 Å². The molecule has 0 saturated carbocycles. The lowest BCUT2D eigenvalue weighted by Crippen LogP contribution is -2.33. The molecular formula is C51H102N2O4. The van der Waals surface area contributed by atoms with Crippen LogP contribution in [0.1, 0.15) is 246 Å². The van der Waals surface area contributed by atoms with E-state index in [0.29, 0.717) is 44.4 Å². The van der Waals surface area contributed by atoms with E-state index in [1.807, 2.05) is 0 Å². The topological polar surface area (TPSA) is 62.2 Å². The first-order valence-electron chi connectivity index (χ1n) is 25.8. The summed E-state index contributed by atoms with van der Waals surface area (Å²) in [4.78, 5) is 18.1. The van der Waals surface area contributed by atoms with Gasteiger partial charge in [-0.2, -0.15) is 0 Å². The van der Waals surface area contributed by atoms with E-state index in [1.54, 1.807) is 0 Å². The Labute approximate surface area is 357 Å². The van der Waals surface area contributed by atoms with Gasteiger partial charge in [-0.25, -0.2) is 0 Å². The Hall–Kier alpha value is -0.690. The van der Waals surface area contributed by atoms with Crippen molar-refractivity contribution in [2.45, 2.75) is 252 Å². The van der Waals surface area contributed by atoms with Crippen LogP contribution < -0.4 is 0 Å². The average molecular weight is 807 g/mol. The van der Waals surface area contributed by atoms with Crippen LogP contribution in [0.15, 0.2) is 0 Å². The van der Waals surface area contributed by atoms with Crippen molar-refractivity contribution in [2.75, 3.05) is 53.0 Å². The van der Waals surface area contributed by atoms with Crippen molar-refractivity contribution < 1.29 is 19.4 Å². The quantitative estimate of drug-likeness (QED) is 0.0376. The fourth-order valence-electron chi connectivity index (χ4n) is 8.92. The number of rotatable bonds is 43. The van der Waals surface area contributed by atoms with Crippen LogP contribution >= 0.6 is 0 Å². The van der Waals surface area contributed by atoms with E-state index in [2.05, 4.69) is 44.5 Å². The number of carbonyl (C=O) groups is 1. The van der Waals surface area contributed by atoms with Gasteiger partial charge in [0.15, 0.2) is 6.29 Å². The van der Waals surface area contributed by atoms with Crippen LogP contribution in [0.4, 0.5) is 0 Å². The molecule has 1 heterocycles. The number of likely N-dealkylation sites (tertiary alicyclic amines) is 1. The molecule has 340 valence electrons. The molecule has 0 aromatic heterocycles. The van der Waals surface area contributed by atoms with Gasteiger partial charge in [0.1, 0.15) is 0 Å². The Bertz CT molecular complexity index is 802. The lowest BCUT2D eigenvalue weighted by Gasteiger charge is -2.30. The Morgan fingerprint density at radius 3 is 1.44 bits per heavy atom. The number of hydrogen-bond acceptors (Lipinski definition) is 6. The third kappa shape index (κ3) is 34.7. The van der Waals surface area contributed by atoms with E-state index in [4.69, 9.17) is 9.47 Å². The second-order valence-corrected chi connectivity index (χ2v) is 18.7. The molecule has 57 heavy (non-hydrogen) atoms. The monoisotopic (exact) mass is 807 g/mol. The van der Waals surface area contributed by atoms with Crippen LogP contribution in [-0.4, -0.2) is 80.2 Å². The number of hydrogen-bond donors (Lipinski definition) is 1. The summed E-state index contributed by atoms with van der Waals surface area (Å²) in [7, 11) is 2.24.